The molecule has 7 nitrogen and oxygen atoms in total. The molecule has 0 aliphatic carbocycles. The fraction of sp³-hybridized carbons (Fsp3) is 0.500. The zero-order valence-electron chi connectivity index (χ0n) is 23.4. The van der Waals surface area contributed by atoms with Crippen molar-refractivity contribution in [1.29, 1.82) is 0 Å². The first-order valence-corrected chi connectivity index (χ1v) is 14.2. The Bertz CT molecular complexity index is 1190. The summed E-state index contributed by atoms with van der Waals surface area (Å²) in [4.78, 5) is 39.9. The standard InChI is InChI=1S/C32H41N3O4/c1-32(2,3)39-29(36)21-24(19-23-13-7-6-8-14-23)30(37)34-27-20-25-22-35(28-16-10-9-15-26(25)28)18-12-5-4-11-17-33-31(27)38/h6-10,13-16,22,24-25,27H,4-5,11-12,17-21H2,1-3H3,(H-,33,34,37,38)/p+1/t24-,25?,27+/m1/s1. The van der Waals surface area contributed by atoms with Gasteiger partial charge in [-0.15, -0.1) is 0 Å². The van der Waals surface area contributed by atoms with Gasteiger partial charge in [-0.25, -0.2) is 4.58 Å². The van der Waals surface area contributed by atoms with Crippen LogP contribution in [0.3, 0.4) is 0 Å². The third-order valence-corrected chi connectivity index (χ3v) is 7.28. The van der Waals surface area contributed by atoms with Crippen molar-refractivity contribution < 1.29 is 23.7 Å². The number of rotatable bonds is 6. The average Bonchev–Trinajstić information content (AvgIpc) is 3.24. The summed E-state index contributed by atoms with van der Waals surface area (Å²) in [5.41, 5.74) is 2.66. The van der Waals surface area contributed by atoms with Gasteiger partial charge in [-0.05, 0) is 52.0 Å². The molecule has 1 unspecified atom stereocenters. The van der Waals surface area contributed by atoms with Gasteiger partial charge in [-0.3, -0.25) is 14.4 Å². The lowest BCUT2D eigenvalue weighted by atomic mass is 9.91. The molecule has 0 fully saturated rings. The minimum absolute atomic E-state index is 0.0106. The third-order valence-electron chi connectivity index (χ3n) is 7.28. The van der Waals surface area contributed by atoms with Crippen LogP contribution in [0.25, 0.3) is 0 Å². The number of nitrogens with one attached hydrogen (secondary N) is 2. The van der Waals surface area contributed by atoms with E-state index < -0.39 is 23.5 Å². The van der Waals surface area contributed by atoms with Gasteiger partial charge in [0, 0.05) is 24.6 Å². The van der Waals surface area contributed by atoms with Crippen LogP contribution in [0.1, 0.15) is 76.3 Å². The molecule has 2 heterocycles. The van der Waals surface area contributed by atoms with Gasteiger partial charge >= 0.3 is 5.97 Å². The summed E-state index contributed by atoms with van der Waals surface area (Å²) in [6, 6.07) is 17.2. The molecule has 2 aliphatic heterocycles. The molecule has 208 valence electrons. The number of amides is 2. The van der Waals surface area contributed by atoms with Gasteiger partial charge in [0.1, 0.15) is 18.2 Å². The molecule has 2 aliphatic rings. The Labute approximate surface area is 232 Å². The first kappa shape index (κ1) is 28.5. The lowest BCUT2D eigenvalue weighted by molar-refractivity contribution is -0.433. The zero-order valence-corrected chi connectivity index (χ0v) is 23.4. The van der Waals surface area contributed by atoms with Gasteiger partial charge in [-0.2, -0.15) is 0 Å². The lowest BCUT2D eigenvalue weighted by Gasteiger charge is -2.25. The summed E-state index contributed by atoms with van der Waals surface area (Å²) in [6.07, 6.45) is 7.14. The van der Waals surface area contributed by atoms with E-state index in [0.29, 0.717) is 19.4 Å². The lowest BCUT2D eigenvalue weighted by Crippen LogP contribution is -2.50. The van der Waals surface area contributed by atoms with Gasteiger partial charge in [0.2, 0.25) is 17.5 Å². The van der Waals surface area contributed by atoms with Gasteiger partial charge in [-0.1, -0.05) is 55.0 Å². The number of nitrogens with zero attached hydrogens (tertiary/aromatic N) is 1. The molecule has 4 rings (SSSR count). The van der Waals surface area contributed by atoms with Crippen LogP contribution in [0.15, 0.2) is 54.6 Å². The Balaban J connectivity index is 1.56. The van der Waals surface area contributed by atoms with Crippen LogP contribution < -0.4 is 10.6 Å². The van der Waals surface area contributed by atoms with Crippen LogP contribution >= 0.6 is 0 Å². The van der Waals surface area contributed by atoms with Gasteiger partial charge in [0.25, 0.3) is 0 Å². The molecule has 3 atom stereocenters. The topological polar surface area (TPSA) is 87.5 Å². The molecule has 0 radical (unpaired) electrons. The Kier molecular flexibility index (Phi) is 9.54. The quantitative estimate of drug-likeness (QED) is 0.419. The highest BCUT2D eigenvalue weighted by Crippen LogP contribution is 2.34. The van der Waals surface area contributed by atoms with Gasteiger partial charge < -0.3 is 15.4 Å². The second-order valence-electron chi connectivity index (χ2n) is 11.7. The van der Waals surface area contributed by atoms with Crippen LogP contribution in [-0.4, -0.2) is 53.3 Å². The van der Waals surface area contributed by atoms with Crippen molar-refractivity contribution in [3.05, 3.63) is 65.7 Å². The average molecular weight is 533 g/mol. The van der Waals surface area contributed by atoms with Crippen molar-refractivity contribution in [3.63, 3.8) is 0 Å². The molecule has 2 amide bonds. The highest BCUT2D eigenvalue weighted by Gasteiger charge is 2.36. The molecule has 2 N–H and O–H groups in total. The summed E-state index contributed by atoms with van der Waals surface area (Å²) < 4.78 is 7.84. The fourth-order valence-electron chi connectivity index (χ4n) is 5.43. The van der Waals surface area contributed by atoms with E-state index in [-0.39, 0.29) is 24.2 Å². The van der Waals surface area contributed by atoms with E-state index in [1.54, 1.807) is 0 Å². The number of benzene rings is 2. The number of carbonyl (C=O) groups is 3. The first-order chi connectivity index (χ1) is 18.7. The van der Waals surface area contributed by atoms with Crippen molar-refractivity contribution in [2.75, 3.05) is 13.1 Å². The molecule has 2 aromatic rings. The van der Waals surface area contributed by atoms with Crippen LogP contribution in [0, 0.1) is 5.92 Å². The second kappa shape index (κ2) is 13.0. The Morgan fingerprint density at radius 2 is 1.74 bits per heavy atom. The van der Waals surface area contributed by atoms with E-state index >= 15 is 0 Å². The maximum atomic E-state index is 13.7. The van der Waals surface area contributed by atoms with Crippen LogP contribution in [0.4, 0.5) is 5.69 Å². The van der Waals surface area contributed by atoms with E-state index in [9.17, 15) is 14.4 Å². The predicted octanol–water partition coefficient (Wildman–Crippen LogP) is 4.65. The molecule has 2 bridgehead atoms. The maximum Gasteiger partial charge on any atom is 0.307 e. The SMILES string of the molecule is CC(C)(C)OC(=O)C[C@@H](Cc1ccccc1)C(=O)N[C@H]1CC2C=[N+](CCCCCCNC1=O)c1ccccc12. The highest BCUT2D eigenvalue weighted by atomic mass is 16.6. The van der Waals surface area contributed by atoms with E-state index in [1.165, 1.54) is 11.3 Å². The maximum absolute atomic E-state index is 13.7. The Morgan fingerprint density at radius 3 is 2.51 bits per heavy atom. The molecule has 2 aromatic carbocycles. The molecule has 0 saturated heterocycles. The molecular weight excluding hydrogens is 490 g/mol. The monoisotopic (exact) mass is 532 g/mol. The largest absolute Gasteiger partial charge is 0.460 e. The first-order valence-electron chi connectivity index (χ1n) is 14.2. The second-order valence-corrected chi connectivity index (χ2v) is 11.7. The summed E-state index contributed by atoms with van der Waals surface area (Å²) >= 11 is 0. The number of esters is 1. The molecule has 7 heteroatoms. The van der Waals surface area contributed by atoms with E-state index in [4.69, 9.17) is 4.74 Å². The number of hydrogen-bond donors (Lipinski definition) is 2. The minimum atomic E-state index is -0.718. The van der Waals surface area contributed by atoms with Crippen LogP contribution in [-0.2, 0) is 25.5 Å². The van der Waals surface area contributed by atoms with Crippen molar-refractivity contribution in [3.8, 4) is 0 Å². The van der Waals surface area contributed by atoms with Crippen molar-refractivity contribution in [1.82, 2.24) is 10.6 Å². The summed E-state index contributed by atoms with van der Waals surface area (Å²) in [5.74, 6) is -1.56. The van der Waals surface area contributed by atoms with Crippen LogP contribution in [0.5, 0.6) is 0 Å². The summed E-state index contributed by atoms with van der Waals surface area (Å²) in [6.45, 7) is 6.97. The molecular formula is C32H42N3O4+. The Morgan fingerprint density at radius 1 is 1.03 bits per heavy atom. The third kappa shape index (κ3) is 8.25. The summed E-state index contributed by atoms with van der Waals surface area (Å²) in [5, 5.41) is 6.09. The van der Waals surface area contributed by atoms with Crippen molar-refractivity contribution in [2.24, 2.45) is 5.92 Å². The minimum Gasteiger partial charge on any atom is -0.460 e. The summed E-state index contributed by atoms with van der Waals surface area (Å²) in [7, 11) is 0. The smallest absolute Gasteiger partial charge is 0.307 e. The van der Waals surface area contributed by atoms with E-state index in [1.807, 2.05) is 63.2 Å². The number of carbonyl (C=O) groups excluding carboxylic acids is 3. The van der Waals surface area contributed by atoms with Crippen LogP contribution in [0.2, 0.25) is 0 Å². The highest BCUT2D eigenvalue weighted by molar-refractivity contribution is 5.90. The number of ether oxygens (including phenoxy) is 1. The van der Waals surface area contributed by atoms with Crippen molar-refractivity contribution >= 4 is 29.7 Å². The number of fused-ring (bicyclic) bond motifs is 4. The van der Waals surface area contributed by atoms with E-state index in [0.717, 1.165) is 37.8 Å². The normalized spacial score (nSPS) is 20.7. The van der Waals surface area contributed by atoms with E-state index in [2.05, 4.69) is 33.6 Å². The molecule has 39 heavy (non-hydrogen) atoms. The number of hydrogen-bond acceptors (Lipinski definition) is 4. The predicted molar refractivity (Wildman–Crippen MR) is 152 cm³/mol. The zero-order chi connectivity index (χ0) is 27.8. The number of para-hydroxylation sites is 1. The van der Waals surface area contributed by atoms with Gasteiger partial charge in [0.05, 0.1) is 18.3 Å². The fourth-order valence-corrected chi connectivity index (χ4v) is 5.43. The molecule has 0 saturated carbocycles. The molecule has 0 aromatic heterocycles. The van der Waals surface area contributed by atoms with Crippen molar-refractivity contribution in [2.45, 2.75) is 83.3 Å². The Hall–Kier alpha value is -3.48. The van der Waals surface area contributed by atoms with Gasteiger partial charge in [0.15, 0.2) is 6.21 Å². The molecule has 0 spiro atoms.